The second-order valence-electron chi connectivity index (χ2n) is 36.5. The largest absolute Gasteiger partial charge is 0.419 e. The van der Waals surface area contributed by atoms with E-state index < -0.39 is 117 Å². The van der Waals surface area contributed by atoms with Gasteiger partial charge in [-0.05, 0) is 178 Å². The fourth-order valence-electron chi connectivity index (χ4n) is 19.4. The molecule has 718 valence electrons. The highest BCUT2D eigenvalue weighted by Crippen LogP contribution is 2.47. The van der Waals surface area contributed by atoms with Crippen LogP contribution in [0.4, 0.5) is 87.8 Å². The Balaban J connectivity index is 0.000000150. The third-order valence-electron chi connectivity index (χ3n) is 25.9. The number of hydrogen-bond acceptors (Lipinski definition) is 12. The van der Waals surface area contributed by atoms with Gasteiger partial charge in [-0.2, -0.15) is 73.1 Å². The first kappa shape index (κ1) is 99.0. The number of hydrogen-bond donors (Lipinski definition) is 4. The number of alkyl halides is 12. The quantitative estimate of drug-likeness (QED) is 0.0746. The number of benzene rings is 4. The zero-order valence-electron chi connectivity index (χ0n) is 73.8. The minimum absolute atomic E-state index is 0.0469. The molecule has 4 saturated heterocycles. The molecular weight excluding hydrogens is 1780 g/mol. The molecule has 0 unspecified atom stereocenters. The number of likely N-dealkylation sites (tertiary alicyclic amines) is 4. The van der Waals surface area contributed by atoms with Gasteiger partial charge in [0.25, 0.3) is 23.6 Å². The number of halogens is 20. The molecule has 12 heterocycles. The molecule has 132 heavy (non-hydrogen) atoms. The van der Waals surface area contributed by atoms with E-state index in [1.54, 1.807) is 19.6 Å². The van der Waals surface area contributed by atoms with E-state index in [2.05, 4.69) is 90.1 Å². The van der Waals surface area contributed by atoms with Crippen LogP contribution in [-0.4, -0.2) is 208 Å². The lowest BCUT2D eigenvalue weighted by Gasteiger charge is -2.34. The van der Waals surface area contributed by atoms with E-state index in [1.807, 2.05) is 13.8 Å². The molecule has 4 aromatic carbocycles. The molecule has 0 atom stereocenters. The van der Waals surface area contributed by atoms with E-state index in [1.165, 1.54) is 4.90 Å². The number of rotatable bonds is 14. The van der Waals surface area contributed by atoms with Crippen LogP contribution in [0.15, 0.2) is 48.5 Å². The Morgan fingerprint density at radius 2 is 0.614 bits per heavy atom. The molecule has 0 aliphatic carbocycles. The summed E-state index contributed by atoms with van der Waals surface area (Å²) >= 11 is 0. The topological polar surface area (TPSA) is 226 Å². The summed E-state index contributed by atoms with van der Waals surface area (Å²) < 4.78 is 271. The maximum absolute atomic E-state index is 14.0. The van der Waals surface area contributed by atoms with Crippen molar-refractivity contribution in [2.24, 2.45) is 11.3 Å². The maximum Gasteiger partial charge on any atom is 0.419 e. The predicted molar refractivity (Wildman–Crippen MR) is 442 cm³/mol. The summed E-state index contributed by atoms with van der Waals surface area (Å²) in [5.74, 6) is -16.9. The van der Waals surface area contributed by atoms with Crippen molar-refractivity contribution in [2.45, 2.75) is 213 Å². The average molecular weight is 1880 g/mol. The molecule has 0 bridgehead atoms. The number of amides is 5. The fourth-order valence-corrected chi connectivity index (χ4v) is 19.4. The first-order valence-corrected chi connectivity index (χ1v) is 44.3. The summed E-state index contributed by atoms with van der Waals surface area (Å²) in [5, 5.41) is 28.6. The van der Waals surface area contributed by atoms with Gasteiger partial charge in [0.05, 0.1) is 51.6 Å². The van der Waals surface area contributed by atoms with Gasteiger partial charge in [0.1, 0.15) is 0 Å². The van der Waals surface area contributed by atoms with Crippen molar-refractivity contribution in [2.75, 3.05) is 98.2 Å². The van der Waals surface area contributed by atoms with E-state index in [9.17, 15) is 112 Å². The fraction of sp³-hybridized carbons (Fsp3) is 0.549. The van der Waals surface area contributed by atoms with Gasteiger partial charge in [-0.3, -0.25) is 59.1 Å². The van der Waals surface area contributed by atoms with Crippen molar-refractivity contribution in [1.82, 2.24) is 80.0 Å². The Hall–Kier alpha value is -10.5. The van der Waals surface area contributed by atoms with Crippen LogP contribution in [0.1, 0.15) is 268 Å². The molecule has 0 saturated carbocycles. The van der Waals surface area contributed by atoms with Gasteiger partial charge in [-0.15, -0.1) is 0 Å². The predicted octanol–water partition coefficient (Wildman–Crippen LogP) is 18.4. The van der Waals surface area contributed by atoms with Crippen molar-refractivity contribution >= 4 is 29.5 Å². The average Bonchev–Trinajstić information content (AvgIpc) is 1.48. The third-order valence-corrected chi connectivity index (χ3v) is 25.9. The standard InChI is InChI=1S/C24H27F5N4O2.C24H29F5N4O.C22H25F5N4O.C21H23F5N4O/c1-13(2)11-19(34)33-10-7-16-18(12-33)30-31-22(16)23(35)32-8-5-14(6-9-32)15-3-4-17(25)21(26)20(15)24(27,28)29;1-23(2,3)13-32-9-8-16-18(12-32)30-31-21(16)22(34)33-10-6-14(7-11-33)15-4-5-17(25)20(26)19(15)24(27,28)29;1-2-8-30-9-7-15-17(12-30)28-29-20(15)21(32)31-10-5-13(6-11-31)14-3-4-16(23)19(24)18(14)22(25,26)27;1-2-29-8-7-14-16(11-29)27-28-19(14)20(31)30-9-5-12(6-10-30)13-3-4-15(22)18(23)17(13)21(24,25)26/h3-4,13-14H,5-12H2,1-2H3,(H,30,31);4-5,14H,6-13H2,1-3H3,(H,30,31);3-4,13H,2,5-12H2,1H3,(H,28,29);3-4,12H,2,5-11H2,1H3,(H,27,28). The summed E-state index contributed by atoms with van der Waals surface area (Å²) in [6.07, 6.45) is -14.2. The van der Waals surface area contributed by atoms with Crippen molar-refractivity contribution in [3.8, 4) is 0 Å². The Bertz CT molecular complexity index is 5480. The molecule has 8 aromatic rings. The van der Waals surface area contributed by atoms with Crippen molar-refractivity contribution in [3.05, 3.63) is 207 Å². The molecular formula is C91H104F20N16O5. The van der Waals surface area contributed by atoms with Gasteiger partial charge in [0.2, 0.25) is 5.91 Å². The zero-order chi connectivity index (χ0) is 95.7. The molecule has 8 aliphatic rings. The number of H-pyrrole nitrogens is 4. The summed E-state index contributed by atoms with van der Waals surface area (Å²) in [7, 11) is 0. The first-order valence-electron chi connectivity index (χ1n) is 44.3. The Morgan fingerprint density at radius 1 is 0.356 bits per heavy atom. The number of nitrogens with zero attached hydrogens (tertiary/aromatic N) is 12. The van der Waals surface area contributed by atoms with Gasteiger partial charge in [0, 0.05) is 133 Å². The molecule has 16 rings (SSSR count). The van der Waals surface area contributed by atoms with Gasteiger partial charge >= 0.3 is 24.7 Å². The number of nitrogens with one attached hydrogen (secondary N) is 4. The normalized spacial score (nSPS) is 18.0. The lowest BCUT2D eigenvalue weighted by molar-refractivity contribution is -0.142. The Kier molecular flexibility index (Phi) is 30.3. The van der Waals surface area contributed by atoms with E-state index in [-0.39, 0.29) is 173 Å². The molecule has 0 radical (unpaired) electrons. The van der Waals surface area contributed by atoms with Gasteiger partial charge in [-0.1, -0.05) is 72.7 Å². The van der Waals surface area contributed by atoms with Gasteiger partial charge in [-0.25, -0.2) is 35.1 Å². The third kappa shape index (κ3) is 22.1. The molecule has 21 nitrogen and oxygen atoms in total. The van der Waals surface area contributed by atoms with Crippen LogP contribution in [0.25, 0.3) is 0 Å². The maximum atomic E-state index is 14.0. The van der Waals surface area contributed by atoms with Crippen LogP contribution in [0.3, 0.4) is 0 Å². The number of piperidine rings is 4. The van der Waals surface area contributed by atoms with E-state index in [4.69, 9.17) is 0 Å². The highest BCUT2D eigenvalue weighted by atomic mass is 19.4. The van der Waals surface area contributed by atoms with Crippen molar-refractivity contribution < 1.29 is 112 Å². The number of carbonyl (C=O) groups excluding carboxylic acids is 5. The van der Waals surface area contributed by atoms with Crippen LogP contribution in [0.2, 0.25) is 0 Å². The summed E-state index contributed by atoms with van der Waals surface area (Å²) in [5.41, 5.74) is 1.23. The van der Waals surface area contributed by atoms with E-state index >= 15 is 0 Å². The minimum atomic E-state index is -5.02. The van der Waals surface area contributed by atoms with Crippen LogP contribution >= 0.6 is 0 Å². The Labute approximate surface area is 748 Å². The Morgan fingerprint density at radius 3 is 0.879 bits per heavy atom. The molecule has 4 N–H and O–H groups in total. The van der Waals surface area contributed by atoms with E-state index in [0.29, 0.717) is 93.7 Å². The highest BCUT2D eigenvalue weighted by molar-refractivity contribution is 5.96. The minimum Gasteiger partial charge on any atom is -0.337 e. The summed E-state index contributed by atoms with van der Waals surface area (Å²) in [6.45, 7) is 24.5. The highest BCUT2D eigenvalue weighted by Gasteiger charge is 2.47. The van der Waals surface area contributed by atoms with Crippen LogP contribution < -0.4 is 0 Å². The molecule has 8 aliphatic heterocycles. The molecule has 4 aromatic heterocycles. The number of aromatic amines is 4. The SMILES string of the molecule is CC(C)(C)CN1CCc2c(C(=O)N3CCC(c4ccc(F)c(F)c4C(F)(F)F)CC3)n[nH]c2C1.CC(C)CC(=O)N1CCc2c(C(=O)N3CCC(c4ccc(F)c(F)c4C(F)(F)F)CC3)n[nH]c2C1.CCCN1CCc2c(C(=O)N3CCC(c4ccc(F)c(F)c4C(F)(F)F)CC3)n[nH]c2C1.CCN1CCc2c(C(=O)N3CCC(c4ccc(F)c(F)c4C(F)(F)F)CC3)n[nH]c2C1. The van der Waals surface area contributed by atoms with Crippen molar-refractivity contribution in [3.63, 3.8) is 0 Å². The molecule has 41 heteroatoms. The smallest absolute Gasteiger partial charge is 0.337 e. The molecule has 0 spiro atoms. The van der Waals surface area contributed by atoms with Crippen LogP contribution in [0.5, 0.6) is 0 Å². The summed E-state index contributed by atoms with van der Waals surface area (Å²) in [6, 6.07) is 6.92. The first-order chi connectivity index (χ1) is 62.2. The number of aromatic nitrogens is 8. The second kappa shape index (κ2) is 40.4. The van der Waals surface area contributed by atoms with Crippen LogP contribution in [-0.2, 0) is 81.4 Å². The van der Waals surface area contributed by atoms with E-state index in [0.717, 1.165) is 127 Å². The number of carbonyl (C=O) groups is 5. The lowest BCUT2D eigenvalue weighted by Crippen LogP contribution is -2.40. The lowest BCUT2D eigenvalue weighted by atomic mass is 9.85. The van der Waals surface area contributed by atoms with Gasteiger partial charge in [0.15, 0.2) is 69.3 Å². The molecule has 5 amide bonds. The molecule has 4 fully saturated rings. The zero-order valence-corrected chi connectivity index (χ0v) is 73.8. The number of fused-ring (bicyclic) bond motifs is 4. The van der Waals surface area contributed by atoms with Crippen molar-refractivity contribution in [1.29, 1.82) is 0 Å². The summed E-state index contributed by atoms with van der Waals surface area (Å²) in [4.78, 5) is 79.6. The number of likely N-dealkylation sites (N-methyl/N-ethyl adjacent to an activating group) is 1. The van der Waals surface area contributed by atoms with Crippen LogP contribution in [0, 0.1) is 57.9 Å². The van der Waals surface area contributed by atoms with Gasteiger partial charge < -0.3 is 24.5 Å². The monoisotopic (exact) mass is 1880 g/mol. The second-order valence-corrected chi connectivity index (χ2v) is 36.5.